The van der Waals surface area contributed by atoms with Gasteiger partial charge in [0.05, 0.1) is 24.7 Å². The molecule has 1 aromatic carbocycles. The summed E-state index contributed by atoms with van der Waals surface area (Å²) in [4.78, 5) is 19.0. The lowest BCUT2D eigenvalue weighted by atomic mass is 10.1. The van der Waals surface area contributed by atoms with E-state index in [4.69, 9.17) is 9.26 Å². The minimum Gasteiger partial charge on any atom is -0.377 e. The first-order valence-corrected chi connectivity index (χ1v) is 10.4. The molecule has 0 bridgehead atoms. The van der Waals surface area contributed by atoms with Crippen LogP contribution in [0.1, 0.15) is 30.2 Å². The third-order valence-corrected chi connectivity index (χ3v) is 5.68. The van der Waals surface area contributed by atoms with Gasteiger partial charge in [0.25, 0.3) is 5.89 Å². The average Bonchev–Trinajstić information content (AvgIpc) is 3.40. The van der Waals surface area contributed by atoms with E-state index in [0.29, 0.717) is 36.6 Å². The van der Waals surface area contributed by atoms with Crippen LogP contribution in [0.2, 0.25) is 0 Å². The summed E-state index contributed by atoms with van der Waals surface area (Å²) in [5, 5.41) is 12.8. The Morgan fingerprint density at radius 2 is 2.21 bits per heavy atom. The highest BCUT2D eigenvalue weighted by molar-refractivity contribution is 7.99. The molecule has 0 unspecified atom stereocenters. The van der Waals surface area contributed by atoms with Gasteiger partial charge >= 0.3 is 0 Å². The summed E-state index contributed by atoms with van der Waals surface area (Å²) in [6.45, 7) is 5.17. The third-order valence-electron chi connectivity index (χ3n) is 4.75. The molecular formula is C19H22N6O3S. The lowest BCUT2D eigenvalue weighted by molar-refractivity contribution is -0.138. The average molecular weight is 414 g/mol. The van der Waals surface area contributed by atoms with E-state index in [-0.39, 0.29) is 17.7 Å². The molecule has 1 atom stereocenters. The number of benzene rings is 1. The van der Waals surface area contributed by atoms with Crippen molar-refractivity contribution < 1.29 is 14.1 Å². The van der Waals surface area contributed by atoms with Crippen molar-refractivity contribution in [3.63, 3.8) is 0 Å². The Labute approximate surface area is 172 Å². The van der Waals surface area contributed by atoms with Gasteiger partial charge in [0.2, 0.25) is 5.91 Å². The van der Waals surface area contributed by atoms with Crippen molar-refractivity contribution in [1.29, 1.82) is 0 Å². The number of aromatic nitrogens is 5. The summed E-state index contributed by atoms with van der Waals surface area (Å²) in [5.74, 6) is 1.14. The second-order valence-corrected chi connectivity index (χ2v) is 7.55. The number of thioether (sulfide) groups is 1. The highest BCUT2D eigenvalue weighted by Gasteiger charge is 2.32. The molecule has 0 saturated carbocycles. The van der Waals surface area contributed by atoms with Gasteiger partial charge < -0.3 is 14.2 Å². The number of nitrogens with zero attached hydrogens (tertiary/aromatic N) is 6. The van der Waals surface area contributed by atoms with E-state index >= 15 is 0 Å². The number of ether oxygens (including phenoxy) is 1. The minimum absolute atomic E-state index is 0.0301. The second-order valence-electron chi connectivity index (χ2n) is 6.61. The zero-order valence-electron chi connectivity index (χ0n) is 16.3. The summed E-state index contributed by atoms with van der Waals surface area (Å²) in [7, 11) is 0. The number of aryl methyl sites for hydroxylation is 2. The molecule has 152 valence electrons. The van der Waals surface area contributed by atoms with E-state index in [0.717, 1.165) is 12.1 Å². The van der Waals surface area contributed by atoms with Crippen molar-refractivity contribution in [3.05, 3.63) is 47.9 Å². The Balaban J connectivity index is 1.48. The van der Waals surface area contributed by atoms with Crippen LogP contribution in [0.4, 0.5) is 0 Å². The number of para-hydroxylation sites is 1. The van der Waals surface area contributed by atoms with Gasteiger partial charge in [0, 0.05) is 6.54 Å². The van der Waals surface area contributed by atoms with Crippen LogP contribution in [-0.4, -0.2) is 61.2 Å². The fourth-order valence-corrected chi connectivity index (χ4v) is 4.11. The number of rotatable bonds is 6. The SMILES string of the molecule is CCc1ccccc1-n1cnnc1SCC(=O)N1CCOC[C@@H]1c1nc(C)no1. The molecule has 3 aromatic rings. The van der Waals surface area contributed by atoms with Crippen molar-refractivity contribution >= 4 is 17.7 Å². The Kier molecular flexibility index (Phi) is 5.91. The minimum atomic E-state index is -0.364. The Bertz CT molecular complexity index is 988. The predicted molar refractivity (Wildman–Crippen MR) is 106 cm³/mol. The molecule has 2 aromatic heterocycles. The van der Waals surface area contributed by atoms with Gasteiger partial charge in [-0.3, -0.25) is 9.36 Å². The zero-order chi connectivity index (χ0) is 20.2. The summed E-state index contributed by atoms with van der Waals surface area (Å²) in [5.41, 5.74) is 2.22. The van der Waals surface area contributed by atoms with Crippen molar-refractivity contribution in [3.8, 4) is 5.69 Å². The van der Waals surface area contributed by atoms with Gasteiger partial charge in [-0.2, -0.15) is 4.98 Å². The number of carbonyl (C=O) groups excluding carboxylic acids is 1. The smallest absolute Gasteiger partial charge is 0.251 e. The summed E-state index contributed by atoms with van der Waals surface area (Å²) in [6, 6.07) is 7.75. The first-order chi connectivity index (χ1) is 14.2. The van der Waals surface area contributed by atoms with Crippen LogP contribution in [0.15, 0.2) is 40.3 Å². The van der Waals surface area contributed by atoms with E-state index in [1.165, 1.54) is 17.3 Å². The Morgan fingerprint density at radius 1 is 1.34 bits per heavy atom. The fraction of sp³-hybridized carbons (Fsp3) is 0.421. The fourth-order valence-electron chi connectivity index (χ4n) is 3.30. The van der Waals surface area contributed by atoms with Gasteiger partial charge in [-0.1, -0.05) is 42.0 Å². The summed E-state index contributed by atoms with van der Waals surface area (Å²) in [6.07, 6.45) is 2.58. The molecule has 4 rings (SSSR count). The van der Waals surface area contributed by atoms with E-state index in [9.17, 15) is 4.79 Å². The molecule has 0 aliphatic carbocycles. The topological polar surface area (TPSA) is 99.2 Å². The van der Waals surface area contributed by atoms with Crippen molar-refractivity contribution in [2.45, 2.75) is 31.5 Å². The largest absolute Gasteiger partial charge is 0.377 e. The predicted octanol–water partition coefficient (Wildman–Crippen LogP) is 2.21. The number of hydrogen-bond acceptors (Lipinski definition) is 8. The van der Waals surface area contributed by atoms with E-state index < -0.39 is 0 Å². The highest BCUT2D eigenvalue weighted by atomic mass is 32.2. The van der Waals surface area contributed by atoms with Gasteiger partial charge in [0.15, 0.2) is 11.0 Å². The maximum Gasteiger partial charge on any atom is 0.251 e. The van der Waals surface area contributed by atoms with Crippen LogP contribution in [0.5, 0.6) is 0 Å². The van der Waals surface area contributed by atoms with Crippen LogP contribution >= 0.6 is 11.8 Å². The van der Waals surface area contributed by atoms with Crippen molar-refractivity contribution in [1.82, 2.24) is 29.8 Å². The maximum atomic E-state index is 13.0. The molecule has 9 nitrogen and oxygen atoms in total. The molecule has 0 spiro atoms. The quantitative estimate of drug-likeness (QED) is 0.566. The monoisotopic (exact) mass is 414 g/mol. The Morgan fingerprint density at radius 3 is 3.00 bits per heavy atom. The van der Waals surface area contributed by atoms with Gasteiger partial charge in [-0.05, 0) is 25.0 Å². The van der Waals surface area contributed by atoms with E-state index in [1.54, 1.807) is 18.2 Å². The molecule has 1 aliphatic heterocycles. The normalized spacial score (nSPS) is 16.9. The van der Waals surface area contributed by atoms with Crippen LogP contribution < -0.4 is 0 Å². The summed E-state index contributed by atoms with van der Waals surface area (Å²) >= 11 is 1.36. The summed E-state index contributed by atoms with van der Waals surface area (Å²) < 4.78 is 12.7. The molecule has 1 saturated heterocycles. The van der Waals surface area contributed by atoms with E-state index in [1.807, 2.05) is 22.8 Å². The van der Waals surface area contributed by atoms with Gasteiger partial charge in [-0.25, -0.2) is 0 Å². The maximum absolute atomic E-state index is 13.0. The molecule has 3 heterocycles. The molecule has 1 aliphatic rings. The van der Waals surface area contributed by atoms with E-state index in [2.05, 4.69) is 33.3 Å². The van der Waals surface area contributed by atoms with Crippen molar-refractivity contribution in [2.24, 2.45) is 0 Å². The molecule has 29 heavy (non-hydrogen) atoms. The molecule has 0 radical (unpaired) electrons. The lowest BCUT2D eigenvalue weighted by Gasteiger charge is -2.33. The number of carbonyl (C=O) groups is 1. The van der Waals surface area contributed by atoms with Crippen LogP contribution in [0, 0.1) is 6.92 Å². The van der Waals surface area contributed by atoms with Gasteiger partial charge in [-0.15, -0.1) is 10.2 Å². The number of hydrogen-bond donors (Lipinski definition) is 0. The van der Waals surface area contributed by atoms with Crippen LogP contribution in [0.25, 0.3) is 5.69 Å². The Hall–Kier alpha value is -2.72. The standard InChI is InChI=1S/C19H22N6O3S/c1-3-14-6-4-5-7-15(14)25-12-20-22-19(25)29-11-17(26)24-8-9-27-10-16(24)18-21-13(2)23-28-18/h4-7,12,16H,3,8-11H2,1-2H3/t16-/m1/s1. The zero-order valence-corrected chi connectivity index (χ0v) is 17.1. The lowest BCUT2D eigenvalue weighted by Crippen LogP contribution is -2.44. The second kappa shape index (κ2) is 8.75. The third kappa shape index (κ3) is 4.18. The molecule has 1 amide bonds. The highest BCUT2D eigenvalue weighted by Crippen LogP contribution is 2.26. The molecule has 10 heteroatoms. The van der Waals surface area contributed by atoms with Crippen LogP contribution in [-0.2, 0) is 16.0 Å². The first-order valence-electron chi connectivity index (χ1n) is 9.46. The first kappa shape index (κ1) is 19.6. The molecular weight excluding hydrogens is 392 g/mol. The number of amides is 1. The molecule has 0 N–H and O–H groups in total. The molecule has 1 fully saturated rings. The van der Waals surface area contributed by atoms with Crippen LogP contribution in [0.3, 0.4) is 0 Å². The van der Waals surface area contributed by atoms with Gasteiger partial charge in [0.1, 0.15) is 12.4 Å². The van der Waals surface area contributed by atoms with Crippen molar-refractivity contribution in [2.75, 3.05) is 25.5 Å². The number of morpholine rings is 1.